The molecule has 120 valence electrons. The van der Waals surface area contributed by atoms with Crippen molar-refractivity contribution in [3.8, 4) is 0 Å². The molecule has 0 fully saturated rings. The van der Waals surface area contributed by atoms with Crippen molar-refractivity contribution in [1.29, 1.82) is 0 Å². The lowest BCUT2D eigenvalue weighted by molar-refractivity contribution is -0.138. The van der Waals surface area contributed by atoms with Crippen molar-refractivity contribution in [3.05, 3.63) is 0 Å². The van der Waals surface area contributed by atoms with Crippen molar-refractivity contribution < 1.29 is 30.0 Å². The number of carboxylic acids is 2. The molecule has 20 heavy (non-hydrogen) atoms. The third-order valence-corrected chi connectivity index (χ3v) is 2.60. The Morgan fingerprint density at radius 2 is 0.850 bits per heavy atom. The topological polar surface area (TPSA) is 115 Å². The van der Waals surface area contributed by atoms with Crippen LogP contribution in [-0.4, -0.2) is 45.6 Å². The minimum Gasteiger partial charge on any atom is -0.481 e. The van der Waals surface area contributed by atoms with E-state index >= 15 is 0 Å². The first-order chi connectivity index (χ1) is 9.54. The third kappa shape index (κ3) is 25.6. The zero-order valence-electron chi connectivity index (χ0n) is 12.1. The number of hydrogen-bond donors (Lipinski definition) is 4. The van der Waals surface area contributed by atoms with Gasteiger partial charge in [-0.1, -0.05) is 25.7 Å². The molecular weight excluding hydrogens is 264 g/mol. The van der Waals surface area contributed by atoms with Gasteiger partial charge in [0.1, 0.15) is 0 Å². The fourth-order valence-corrected chi connectivity index (χ4v) is 1.48. The van der Waals surface area contributed by atoms with Crippen LogP contribution in [0.4, 0.5) is 0 Å². The Morgan fingerprint density at radius 1 is 0.550 bits per heavy atom. The van der Waals surface area contributed by atoms with Gasteiger partial charge in [-0.05, 0) is 25.7 Å². The highest BCUT2D eigenvalue weighted by molar-refractivity contribution is 5.66. The van der Waals surface area contributed by atoms with Crippen LogP contribution in [-0.2, 0) is 9.59 Å². The van der Waals surface area contributed by atoms with Gasteiger partial charge in [-0.15, -0.1) is 0 Å². The van der Waals surface area contributed by atoms with E-state index in [1.54, 1.807) is 0 Å². The molecule has 0 amide bonds. The van der Waals surface area contributed by atoms with Gasteiger partial charge in [0.05, 0.1) is 0 Å². The van der Waals surface area contributed by atoms with Crippen molar-refractivity contribution in [2.24, 2.45) is 0 Å². The van der Waals surface area contributed by atoms with Crippen LogP contribution in [0.1, 0.15) is 64.2 Å². The Hall–Kier alpha value is -1.14. The molecule has 0 unspecified atom stereocenters. The van der Waals surface area contributed by atoms with Gasteiger partial charge in [-0.2, -0.15) is 0 Å². The Bertz CT molecular complexity index is 206. The molecule has 6 nitrogen and oxygen atoms in total. The van der Waals surface area contributed by atoms with E-state index < -0.39 is 11.9 Å². The van der Waals surface area contributed by atoms with E-state index in [-0.39, 0.29) is 26.1 Å². The van der Waals surface area contributed by atoms with Gasteiger partial charge in [-0.25, -0.2) is 0 Å². The fourth-order valence-electron chi connectivity index (χ4n) is 1.48. The molecule has 0 aromatic carbocycles. The van der Waals surface area contributed by atoms with E-state index in [1.165, 1.54) is 0 Å². The van der Waals surface area contributed by atoms with Gasteiger partial charge in [-0.3, -0.25) is 9.59 Å². The zero-order valence-corrected chi connectivity index (χ0v) is 12.1. The van der Waals surface area contributed by atoms with E-state index in [9.17, 15) is 9.59 Å². The molecule has 0 atom stereocenters. The molecule has 0 saturated heterocycles. The first kappa shape index (κ1) is 21.2. The number of rotatable bonds is 12. The minimum atomic E-state index is -0.784. The summed E-state index contributed by atoms with van der Waals surface area (Å²) >= 11 is 0. The molecule has 0 rings (SSSR count). The largest absolute Gasteiger partial charge is 0.481 e. The summed E-state index contributed by atoms with van der Waals surface area (Å²) in [5.41, 5.74) is 0. The van der Waals surface area contributed by atoms with E-state index in [2.05, 4.69) is 0 Å². The number of aliphatic hydroxyl groups excluding tert-OH is 2. The summed E-state index contributed by atoms with van der Waals surface area (Å²) in [4.78, 5) is 20.1. The predicted octanol–water partition coefficient (Wildman–Crippen LogP) is 2.03. The number of aliphatic carboxylic acids is 2. The molecule has 0 heterocycles. The lowest BCUT2D eigenvalue weighted by atomic mass is 10.1. The normalized spacial score (nSPS) is 9.70. The van der Waals surface area contributed by atoms with Crippen LogP contribution < -0.4 is 0 Å². The molecule has 0 saturated carbocycles. The van der Waals surface area contributed by atoms with Crippen LogP contribution in [0.3, 0.4) is 0 Å². The minimum absolute atomic E-state index is 0.188. The van der Waals surface area contributed by atoms with Gasteiger partial charge in [0.2, 0.25) is 0 Å². The molecule has 6 heteroatoms. The maximum absolute atomic E-state index is 10.0. The molecule has 0 bridgehead atoms. The molecule has 0 aliphatic heterocycles. The molecule has 0 radical (unpaired) electrons. The van der Waals surface area contributed by atoms with Crippen LogP contribution >= 0.6 is 0 Å². The van der Waals surface area contributed by atoms with Gasteiger partial charge in [0, 0.05) is 26.1 Å². The zero-order chi connectivity index (χ0) is 15.6. The smallest absolute Gasteiger partial charge is 0.303 e. The van der Waals surface area contributed by atoms with Crippen LogP contribution in [0, 0.1) is 0 Å². The van der Waals surface area contributed by atoms with Crippen LogP contribution in [0.5, 0.6) is 0 Å². The highest BCUT2D eigenvalue weighted by Crippen LogP contribution is 2.04. The highest BCUT2D eigenvalue weighted by atomic mass is 16.4. The van der Waals surface area contributed by atoms with Crippen molar-refractivity contribution in [2.45, 2.75) is 64.2 Å². The highest BCUT2D eigenvalue weighted by Gasteiger charge is 1.98. The Kier molecular flexibility index (Phi) is 18.9. The maximum atomic E-state index is 10.0. The van der Waals surface area contributed by atoms with Crippen molar-refractivity contribution in [1.82, 2.24) is 0 Å². The molecule has 0 aliphatic carbocycles. The van der Waals surface area contributed by atoms with Crippen molar-refractivity contribution >= 4 is 11.9 Å². The van der Waals surface area contributed by atoms with Crippen molar-refractivity contribution in [2.75, 3.05) is 13.2 Å². The summed E-state index contributed by atoms with van der Waals surface area (Å²) in [5, 5.41) is 33.1. The predicted molar refractivity (Wildman–Crippen MR) is 75.6 cm³/mol. The summed E-state index contributed by atoms with van der Waals surface area (Å²) in [7, 11) is 0. The summed E-state index contributed by atoms with van der Waals surface area (Å²) in [6, 6.07) is 0. The van der Waals surface area contributed by atoms with E-state index in [4.69, 9.17) is 20.4 Å². The number of hydrogen-bond acceptors (Lipinski definition) is 4. The summed E-state index contributed by atoms with van der Waals surface area (Å²) in [5.74, 6) is -1.57. The average Bonchev–Trinajstić information content (AvgIpc) is 2.39. The fraction of sp³-hybridized carbons (Fsp3) is 0.857. The van der Waals surface area contributed by atoms with E-state index in [0.717, 1.165) is 38.5 Å². The first-order valence-corrected chi connectivity index (χ1v) is 7.20. The standard InChI is InChI=1S/C8H14O4.C6H14O2/c9-7(10)5-3-1-2-4-6-8(11)12;7-5-3-1-2-4-6-8/h1-6H2,(H,9,10)(H,11,12);7-8H,1-6H2. The van der Waals surface area contributed by atoms with Crippen LogP contribution in [0.2, 0.25) is 0 Å². The maximum Gasteiger partial charge on any atom is 0.303 e. The quantitative estimate of drug-likeness (QED) is 0.409. The molecule has 4 N–H and O–H groups in total. The second kappa shape index (κ2) is 17.9. The van der Waals surface area contributed by atoms with Gasteiger partial charge in [0.15, 0.2) is 0 Å². The molecule has 0 aromatic heterocycles. The molecule has 0 spiro atoms. The molecule has 0 aromatic rings. The van der Waals surface area contributed by atoms with Gasteiger partial charge >= 0.3 is 11.9 Å². The monoisotopic (exact) mass is 292 g/mol. The number of unbranched alkanes of at least 4 members (excludes halogenated alkanes) is 6. The van der Waals surface area contributed by atoms with Crippen LogP contribution in [0.25, 0.3) is 0 Å². The van der Waals surface area contributed by atoms with Crippen molar-refractivity contribution in [3.63, 3.8) is 0 Å². The number of carbonyl (C=O) groups is 2. The molecule has 0 aliphatic rings. The summed E-state index contributed by atoms with van der Waals surface area (Å²) < 4.78 is 0. The Labute approximate surface area is 120 Å². The lowest BCUT2D eigenvalue weighted by Crippen LogP contribution is -1.95. The average molecular weight is 292 g/mol. The van der Waals surface area contributed by atoms with Gasteiger partial charge < -0.3 is 20.4 Å². The number of carboxylic acid groups (broad SMARTS) is 2. The summed E-state index contributed by atoms with van der Waals surface area (Å²) in [6.45, 7) is 0.566. The first-order valence-electron chi connectivity index (χ1n) is 7.20. The van der Waals surface area contributed by atoms with E-state index in [1.807, 2.05) is 0 Å². The van der Waals surface area contributed by atoms with Crippen LogP contribution in [0.15, 0.2) is 0 Å². The summed E-state index contributed by atoms with van der Waals surface area (Å²) in [6.07, 6.45) is 7.11. The third-order valence-electron chi connectivity index (χ3n) is 2.60. The number of aliphatic hydroxyl groups is 2. The molecular formula is C14H28O6. The second-order valence-corrected chi connectivity index (χ2v) is 4.56. The Morgan fingerprint density at radius 3 is 1.10 bits per heavy atom. The second-order valence-electron chi connectivity index (χ2n) is 4.56. The Balaban J connectivity index is 0. The lowest BCUT2D eigenvalue weighted by Gasteiger charge is -1.96. The SMILES string of the molecule is O=C(O)CCCCCCC(=O)O.OCCCCCCO. The van der Waals surface area contributed by atoms with Gasteiger partial charge in [0.25, 0.3) is 0 Å². The van der Waals surface area contributed by atoms with E-state index in [0.29, 0.717) is 12.8 Å².